The molecule has 0 aliphatic heterocycles. The van der Waals surface area contributed by atoms with E-state index in [2.05, 4.69) is 0 Å². The topological polar surface area (TPSA) is 18.5 Å². The van der Waals surface area contributed by atoms with Gasteiger partial charge in [-0.3, -0.25) is 0 Å². The summed E-state index contributed by atoms with van der Waals surface area (Å²) in [7, 11) is -3.63. The zero-order valence-corrected chi connectivity index (χ0v) is 13.7. The lowest BCUT2D eigenvalue weighted by Crippen LogP contribution is -2.63. The molecule has 0 aliphatic carbocycles. The van der Waals surface area contributed by atoms with Gasteiger partial charge >= 0.3 is 8.56 Å². The third kappa shape index (κ3) is 3.80. The molecule has 0 bridgehead atoms. The zero-order valence-electron chi connectivity index (χ0n) is 12.7. The first-order valence-corrected chi connectivity index (χ1v) is 8.94. The van der Waals surface area contributed by atoms with E-state index in [1.165, 1.54) is 0 Å². The van der Waals surface area contributed by atoms with E-state index in [4.69, 9.17) is 8.85 Å². The molecule has 0 aliphatic rings. The van der Waals surface area contributed by atoms with Crippen molar-refractivity contribution in [3.05, 3.63) is 59.7 Å². The van der Waals surface area contributed by atoms with Gasteiger partial charge in [-0.1, -0.05) is 0 Å². The molecule has 0 atom stereocenters. The summed E-state index contributed by atoms with van der Waals surface area (Å²) in [5, 5.41) is 0.229. The Kier molecular flexibility index (Phi) is 5.56. The molecule has 0 spiro atoms. The van der Waals surface area contributed by atoms with E-state index in [0.29, 0.717) is 12.1 Å². The molecule has 124 valence electrons. The minimum Gasteiger partial charge on any atom is -0.388 e. The summed E-state index contributed by atoms with van der Waals surface area (Å²) in [5.74, 6) is -3.25. The summed E-state index contributed by atoms with van der Waals surface area (Å²) in [6, 6.07) is 5.72. The highest BCUT2D eigenvalue weighted by atomic mass is 28.4. The average molecular weight is 344 g/mol. The quantitative estimate of drug-likeness (QED) is 0.593. The Morgan fingerprint density at radius 2 is 0.957 bits per heavy atom. The van der Waals surface area contributed by atoms with Crippen LogP contribution in [-0.4, -0.2) is 21.8 Å². The van der Waals surface area contributed by atoms with Gasteiger partial charge < -0.3 is 8.85 Å². The molecule has 0 saturated carbocycles. The van der Waals surface area contributed by atoms with Gasteiger partial charge in [0.25, 0.3) is 0 Å². The van der Waals surface area contributed by atoms with Crippen molar-refractivity contribution in [1.29, 1.82) is 0 Å². The molecule has 0 aromatic heterocycles. The van der Waals surface area contributed by atoms with E-state index >= 15 is 0 Å². The molecule has 0 fully saturated rings. The van der Waals surface area contributed by atoms with E-state index < -0.39 is 31.8 Å². The van der Waals surface area contributed by atoms with Crippen molar-refractivity contribution >= 4 is 18.9 Å². The van der Waals surface area contributed by atoms with E-state index in [1.807, 2.05) is 0 Å². The van der Waals surface area contributed by atoms with Gasteiger partial charge in [0, 0.05) is 35.7 Å². The maximum absolute atomic E-state index is 13.6. The minimum atomic E-state index is -3.63. The number of hydrogen-bond donors (Lipinski definition) is 0. The Labute approximate surface area is 132 Å². The van der Waals surface area contributed by atoms with Crippen LogP contribution in [0.15, 0.2) is 36.4 Å². The van der Waals surface area contributed by atoms with Crippen LogP contribution in [0.3, 0.4) is 0 Å². The van der Waals surface area contributed by atoms with Crippen LogP contribution in [0.2, 0.25) is 0 Å². The number of benzene rings is 2. The maximum atomic E-state index is 13.6. The smallest absolute Gasteiger partial charge is 0.388 e. The van der Waals surface area contributed by atoms with Crippen LogP contribution in [0, 0.1) is 23.3 Å². The number of rotatable bonds is 6. The fraction of sp³-hybridized carbons (Fsp3) is 0.250. The third-order valence-corrected chi connectivity index (χ3v) is 6.67. The summed E-state index contributed by atoms with van der Waals surface area (Å²) in [4.78, 5) is 0. The number of hydrogen-bond acceptors (Lipinski definition) is 2. The van der Waals surface area contributed by atoms with Gasteiger partial charge in [-0.2, -0.15) is 0 Å². The van der Waals surface area contributed by atoms with Gasteiger partial charge in [-0.15, -0.1) is 0 Å². The Bertz CT molecular complexity index is 594. The van der Waals surface area contributed by atoms with Crippen molar-refractivity contribution in [1.82, 2.24) is 0 Å². The second-order valence-corrected chi connectivity index (χ2v) is 7.76. The predicted octanol–water partition coefficient (Wildman–Crippen LogP) is 2.87. The van der Waals surface area contributed by atoms with Crippen LogP contribution in [0.5, 0.6) is 0 Å². The summed E-state index contributed by atoms with van der Waals surface area (Å²) in [5.41, 5.74) is 0. The first-order valence-electron chi connectivity index (χ1n) is 7.12. The van der Waals surface area contributed by atoms with E-state index in [1.54, 1.807) is 13.8 Å². The SMILES string of the molecule is CCO[Si](OCC)(c1cc(F)cc(F)c1)c1cc(F)cc(F)c1. The molecule has 0 amide bonds. The first kappa shape index (κ1) is 17.6. The molecular formula is C16H16F4O2Si. The fourth-order valence-electron chi connectivity index (χ4n) is 2.44. The van der Waals surface area contributed by atoms with Gasteiger partial charge in [-0.25, -0.2) is 17.6 Å². The van der Waals surface area contributed by atoms with Crippen LogP contribution < -0.4 is 10.4 Å². The Morgan fingerprint density at radius 3 is 1.22 bits per heavy atom. The van der Waals surface area contributed by atoms with E-state index in [0.717, 1.165) is 24.3 Å². The van der Waals surface area contributed by atoms with Crippen molar-refractivity contribution < 1.29 is 26.4 Å². The highest BCUT2D eigenvalue weighted by Gasteiger charge is 2.43. The van der Waals surface area contributed by atoms with Gasteiger partial charge in [0.2, 0.25) is 0 Å². The van der Waals surface area contributed by atoms with Crippen LogP contribution in [-0.2, 0) is 8.85 Å². The average Bonchev–Trinajstić information content (AvgIpc) is 2.44. The van der Waals surface area contributed by atoms with Crippen LogP contribution in [0.4, 0.5) is 17.6 Å². The maximum Gasteiger partial charge on any atom is 0.407 e. The van der Waals surface area contributed by atoms with Gasteiger partial charge in [-0.05, 0) is 38.1 Å². The van der Waals surface area contributed by atoms with E-state index in [9.17, 15) is 17.6 Å². The lowest BCUT2D eigenvalue weighted by atomic mass is 10.3. The van der Waals surface area contributed by atoms with Crippen LogP contribution >= 0.6 is 0 Å². The predicted molar refractivity (Wildman–Crippen MR) is 81.0 cm³/mol. The van der Waals surface area contributed by atoms with Gasteiger partial charge in [0.1, 0.15) is 23.3 Å². The van der Waals surface area contributed by atoms with Crippen LogP contribution in [0.1, 0.15) is 13.8 Å². The fourth-order valence-corrected chi connectivity index (χ4v) is 5.64. The summed E-state index contributed by atoms with van der Waals surface area (Å²) >= 11 is 0. The summed E-state index contributed by atoms with van der Waals surface area (Å²) in [6.07, 6.45) is 0. The van der Waals surface area contributed by atoms with Crippen molar-refractivity contribution in [2.45, 2.75) is 13.8 Å². The molecule has 2 nitrogen and oxygen atoms in total. The Balaban J connectivity index is 2.72. The monoisotopic (exact) mass is 344 g/mol. The second-order valence-electron chi connectivity index (χ2n) is 4.80. The summed E-state index contributed by atoms with van der Waals surface area (Å²) < 4.78 is 66.0. The first-order chi connectivity index (χ1) is 10.9. The van der Waals surface area contributed by atoms with Gasteiger partial charge in [0.15, 0.2) is 0 Å². The molecule has 0 saturated heterocycles. The molecule has 0 N–H and O–H groups in total. The van der Waals surface area contributed by atoms with Gasteiger partial charge in [0.05, 0.1) is 0 Å². The highest BCUT2D eigenvalue weighted by Crippen LogP contribution is 2.14. The lowest BCUT2D eigenvalue weighted by Gasteiger charge is -2.30. The summed E-state index contributed by atoms with van der Waals surface area (Å²) in [6.45, 7) is 3.66. The zero-order chi connectivity index (χ0) is 17.0. The number of halogens is 4. The second kappa shape index (κ2) is 7.25. The molecule has 0 heterocycles. The van der Waals surface area contributed by atoms with Crippen molar-refractivity contribution in [2.75, 3.05) is 13.2 Å². The molecule has 2 rings (SSSR count). The molecule has 2 aromatic rings. The lowest BCUT2D eigenvalue weighted by molar-refractivity contribution is 0.208. The molecule has 0 unspecified atom stereocenters. The standard InChI is InChI=1S/C16H16F4O2Si/c1-3-21-23(22-4-2,15-7-11(17)5-12(18)8-15)16-9-13(19)6-14(20)10-16/h5-10H,3-4H2,1-2H3. The largest absolute Gasteiger partial charge is 0.407 e. The highest BCUT2D eigenvalue weighted by molar-refractivity contribution is 6.92. The Morgan fingerprint density at radius 1 is 0.652 bits per heavy atom. The molecule has 2 aromatic carbocycles. The van der Waals surface area contributed by atoms with Crippen molar-refractivity contribution in [2.24, 2.45) is 0 Å². The molecule has 7 heteroatoms. The normalized spacial score (nSPS) is 11.7. The van der Waals surface area contributed by atoms with Crippen molar-refractivity contribution in [3.63, 3.8) is 0 Å². The van der Waals surface area contributed by atoms with Crippen LogP contribution in [0.25, 0.3) is 0 Å². The molecule has 23 heavy (non-hydrogen) atoms. The Hall–Kier alpha value is -1.70. The minimum absolute atomic E-state index is 0.115. The van der Waals surface area contributed by atoms with E-state index in [-0.39, 0.29) is 23.6 Å². The molecule has 0 radical (unpaired) electrons. The third-order valence-electron chi connectivity index (χ3n) is 3.18. The van der Waals surface area contributed by atoms with Crippen molar-refractivity contribution in [3.8, 4) is 0 Å². The molecular weight excluding hydrogens is 328 g/mol.